The topological polar surface area (TPSA) is 20.2 Å². The zero-order valence-electron chi connectivity index (χ0n) is 8.00. The van der Waals surface area contributed by atoms with Crippen LogP contribution in [0.2, 0.25) is 0 Å². The maximum absolute atomic E-state index is 8.58. The maximum atomic E-state index is 8.58. The van der Waals surface area contributed by atoms with Crippen molar-refractivity contribution in [3.8, 4) is 0 Å². The van der Waals surface area contributed by atoms with Gasteiger partial charge in [-0.15, -0.1) is 0 Å². The highest BCUT2D eigenvalue weighted by atomic mass is 16.2. The Morgan fingerprint density at radius 3 is 2.38 bits per heavy atom. The van der Waals surface area contributed by atoms with Crippen LogP contribution in [0, 0.1) is 6.07 Å². The van der Waals surface area contributed by atoms with Crippen molar-refractivity contribution in [2.45, 2.75) is 32.1 Å². The number of rotatable bonds is 6. The molecule has 1 radical (unpaired) electrons. The molecule has 0 saturated heterocycles. The van der Waals surface area contributed by atoms with Gasteiger partial charge in [0, 0.05) is 6.61 Å². The van der Waals surface area contributed by atoms with Crippen LogP contribution >= 0.6 is 0 Å². The van der Waals surface area contributed by atoms with Crippen LogP contribution in [0.5, 0.6) is 0 Å². The Labute approximate surface area is 80.4 Å². The van der Waals surface area contributed by atoms with Gasteiger partial charge in [0.05, 0.1) is 0 Å². The number of hydrogen-bond donors (Lipinski definition) is 1. The van der Waals surface area contributed by atoms with E-state index in [4.69, 9.17) is 5.11 Å². The van der Waals surface area contributed by atoms with Gasteiger partial charge in [0.1, 0.15) is 0 Å². The third-order valence-electron chi connectivity index (χ3n) is 2.16. The molecule has 13 heavy (non-hydrogen) atoms. The van der Waals surface area contributed by atoms with Gasteiger partial charge >= 0.3 is 0 Å². The highest BCUT2D eigenvalue weighted by Gasteiger charge is 1.91. The molecule has 1 heteroatoms. The molecule has 0 aromatic heterocycles. The lowest BCUT2D eigenvalue weighted by Gasteiger charge is -2.00. The molecule has 0 bridgehead atoms. The smallest absolute Gasteiger partial charge is 0.0431 e. The molecule has 0 aliphatic carbocycles. The Morgan fingerprint density at radius 1 is 1.00 bits per heavy atom. The number of aliphatic hydroxyl groups excluding tert-OH is 1. The second-order valence-electron chi connectivity index (χ2n) is 3.30. The van der Waals surface area contributed by atoms with Crippen molar-refractivity contribution in [3.63, 3.8) is 0 Å². The van der Waals surface area contributed by atoms with Crippen molar-refractivity contribution in [2.75, 3.05) is 6.61 Å². The van der Waals surface area contributed by atoms with E-state index in [1.165, 1.54) is 18.4 Å². The van der Waals surface area contributed by atoms with Gasteiger partial charge < -0.3 is 5.11 Å². The molecule has 0 unspecified atom stereocenters. The van der Waals surface area contributed by atoms with Crippen LogP contribution in [0.3, 0.4) is 0 Å². The van der Waals surface area contributed by atoms with Crippen LogP contribution in [-0.4, -0.2) is 11.7 Å². The lowest BCUT2D eigenvalue weighted by molar-refractivity contribution is 0.282. The first-order valence-corrected chi connectivity index (χ1v) is 4.99. The summed E-state index contributed by atoms with van der Waals surface area (Å²) < 4.78 is 0. The monoisotopic (exact) mass is 177 g/mol. The SMILES string of the molecule is OCCCCCCc1cc[c]cc1. The molecular weight excluding hydrogens is 160 g/mol. The molecule has 1 nitrogen and oxygen atoms in total. The summed E-state index contributed by atoms with van der Waals surface area (Å²) in [5.74, 6) is 0. The van der Waals surface area contributed by atoms with Crippen molar-refractivity contribution in [1.82, 2.24) is 0 Å². The Bertz CT molecular complexity index is 206. The molecule has 1 aromatic carbocycles. The summed E-state index contributed by atoms with van der Waals surface area (Å²) in [5.41, 5.74) is 1.39. The van der Waals surface area contributed by atoms with Gasteiger partial charge in [-0.05, 0) is 30.9 Å². The Hall–Kier alpha value is -0.820. The van der Waals surface area contributed by atoms with Crippen molar-refractivity contribution in [2.24, 2.45) is 0 Å². The third-order valence-corrected chi connectivity index (χ3v) is 2.16. The van der Waals surface area contributed by atoms with Gasteiger partial charge in [-0.1, -0.05) is 37.1 Å². The Kier molecular flexibility index (Phi) is 5.27. The van der Waals surface area contributed by atoms with Gasteiger partial charge in [-0.3, -0.25) is 0 Å². The predicted molar refractivity (Wildman–Crippen MR) is 54.5 cm³/mol. The largest absolute Gasteiger partial charge is 0.396 e. The highest BCUT2D eigenvalue weighted by molar-refractivity contribution is 5.13. The minimum Gasteiger partial charge on any atom is -0.396 e. The van der Waals surface area contributed by atoms with E-state index in [0.29, 0.717) is 6.61 Å². The van der Waals surface area contributed by atoms with Gasteiger partial charge in [0.25, 0.3) is 0 Å². The molecule has 1 rings (SSSR count). The average Bonchev–Trinajstić information content (AvgIpc) is 2.19. The van der Waals surface area contributed by atoms with Gasteiger partial charge in [0.15, 0.2) is 0 Å². The summed E-state index contributed by atoms with van der Waals surface area (Å²) in [6.45, 7) is 0.334. The van der Waals surface area contributed by atoms with E-state index in [-0.39, 0.29) is 0 Å². The molecular formula is C12H17O. The van der Waals surface area contributed by atoms with E-state index < -0.39 is 0 Å². The van der Waals surface area contributed by atoms with Crippen LogP contribution < -0.4 is 0 Å². The Morgan fingerprint density at radius 2 is 1.69 bits per heavy atom. The number of unbranched alkanes of at least 4 members (excludes halogenated alkanes) is 3. The van der Waals surface area contributed by atoms with Crippen LogP contribution in [0.4, 0.5) is 0 Å². The van der Waals surface area contributed by atoms with Crippen LogP contribution in [0.1, 0.15) is 31.2 Å². The number of hydrogen-bond acceptors (Lipinski definition) is 1. The molecule has 0 aliphatic rings. The lowest BCUT2D eigenvalue weighted by atomic mass is 10.1. The summed E-state index contributed by atoms with van der Waals surface area (Å²) in [7, 11) is 0. The first kappa shape index (κ1) is 10.3. The predicted octanol–water partition coefficient (Wildman–Crippen LogP) is 2.58. The molecule has 0 saturated carbocycles. The van der Waals surface area contributed by atoms with Crippen LogP contribution in [-0.2, 0) is 6.42 Å². The van der Waals surface area contributed by atoms with E-state index in [1.54, 1.807) is 0 Å². The van der Waals surface area contributed by atoms with Crippen molar-refractivity contribution in [3.05, 3.63) is 35.9 Å². The minimum atomic E-state index is 0.334. The fourth-order valence-electron chi connectivity index (χ4n) is 1.38. The quantitative estimate of drug-likeness (QED) is 0.662. The highest BCUT2D eigenvalue weighted by Crippen LogP contribution is 2.06. The summed E-state index contributed by atoms with van der Waals surface area (Å²) in [4.78, 5) is 0. The molecule has 1 N–H and O–H groups in total. The standard InChI is InChI=1S/C12H17O/c13-11-7-2-1-4-8-12-9-5-3-6-10-12/h5-6,9-10,13H,1-2,4,7-8,11H2. The van der Waals surface area contributed by atoms with Gasteiger partial charge in [-0.2, -0.15) is 0 Å². The normalized spacial score (nSPS) is 10.2. The zero-order valence-corrected chi connectivity index (χ0v) is 8.00. The van der Waals surface area contributed by atoms with E-state index in [9.17, 15) is 0 Å². The van der Waals surface area contributed by atoms with Crippen molar-refractivity contribution < 1.29 is 5.11 Å². The summed E-state index contributed by atoms with van der Waals surface area (Å²) in [5, 5.41) is 8.58. The van der Waals surface area contributed by atoms with Gasteiger partial charge in [-0.25, -0.2) is 0 Å². The van der Waals surface area contributed by atoms with E-state index in [1.807, 2.05) is 12.1 Å². The molecule has 71 valence electrons. The summed E-state index contributed by atoms with van der Waals surface area (Å²) in [6, 6.07) is 11.2. The number of benzene rings is 1. The van der Waals surface area contributed by atoms with E-state index in [2.05, 4.69) is 18.2 Å². The number of aliphatic hydroxyl groups is 1. The molecule has 0 fully saturated rings. The first-order chi connectivity index (χ1) is 6.43. The molecule has 0 amide bonds. The van der Waals surface area contributed by atoms with Crippen LogP contribution in [0.25, 0.3) is 0 Å². The van der Waals surface area contributed by atoms with E-state index >= 15 is 0 Å². The minimum absolute atomic E-state index is 0.334. The molecule has 0 heterocycles. The maximum Gasteiger partial charge on any atom is 0.0431 e. The third kappa shape index (κ3) is 4.69. The molecule has 0 spiro atoms. The van der Waals surface area contributed by atoms with E-state index in [0.717, 1.165) is 19.3 Å². The Balaban J connectivity index is 2.07. The molecule has 0 aliphatic heterocycles. The average molecular weight is 177 g/mol. The van der Waals surface area contributed by atoms with Gasteiger partial charge in [0.2, 0.25) is 0 Å². The molecule has 1 aromatic rings. The first-order valence-electron chi connectivity index (χ1n) is 4.99. The van der Waals surface area contributed by atoms with Crippen LogP contribution in [0.15, 0.2) is 24.3 Å². The lowest BCUT2D eigenvalue weighted by Crippen LogP contribution is -1.87. The summed E-state index contributed by atoms with van der Waals surface area (Å²) >= 11 is 0. The fourth-order valence-corrected chi connectivity index (χ4v) is 1.38. The number of aryl methyl sites for hydroxylation is 1. The second kappa shape index (κ2) is 6.67. The zero-order chi connectivity index (χ0) is 9.36. The molecule has 0 atom stereocenters. The van der Waals surface area contributed by atoms with Crippen molar-refractivity contribution >= 4 is 0 Å². The fraction of sp³-hybridized carbons (Fsp3) is 0.500. The van der Waals surface area contributed by atoms with Crippen molar-refractivity contribution in [1.29, 1.82) is 0 Å². The summed E-state index contributed by atoms with van der Waals surface area (Å²) in [6.07, 6.45) is 5.70. The second-order valence-corrected chi connectivity index (χ2v) is 3.30.